The molecule has 146 valence electrons. The zero-order valence-corrected chi connectivity index (χ0v) is 16.8. The molecule has 2 aromatic heterocycles. The number of anilines is 2. The Hall–Kier alpha value is -2.99. The fraction of sp³-hybridized carbons (Fsp3) is 0.318. The first-order valence-corrected chi connectivity index (χ1v) is 9.58. The van der Waals surface area contributed by atoms with Crippen LogP contribution in [0.1, 0.15) is 17.5 Å². The molecule has 0 spiro atoms. The smallest absolute Gasteiger partial charge is 0.225 e. The van der Waals surface area contributed by atoms with E-state index in [9.17, 15) is 0 Å². The summed E-state index contributed by atoms with van der Waals surface area (Å²) in [7, 11) is 4.16. The Morgan fingerprint density at radius 2 is 1.75 bits per heavy atom. The molecule has 2 N–H and O–H groups in total. The maximum Gasteiger partial charge on any atom is 0.225 e. The lowest BCUT2D eigenvalue weighted by Gasteiger charge is -2.13. The highest BCUT2D eigenvalue weighted by Crippen LogP contribution is 2.21. The molecule has 2 heterocycles. The second-order valence-electron chi connectivity index (χ2n) is 7.06. The van der Waals surface area contributed by atoms with Crippen LogP contribution >= 0.6 is 0 Å². The minimum absolute atomic E-state index is 0.639. The van der Waals surface area contributed by atoms with Crippen molar-refractivity contribution in [3.63, 3.8) is 0 Å². The van der Waals surface area contributed by atoms with Crippen LogP contribution in [-0.4, -0.2) is 47.0 Å². The van der Waals surface area contributed by atoms with Gasteiger partial charge in [-0.1, -0.05) is 24.3 Å². The van der Waals surface area contributed by atoms with Gasteiger partial charge in [0.2, 0.25) is 5.95 Å². The Morgan fingerprint density at radius 3 is 2.50 bits per heavy atom. The maximum absolute atomic E-state index is 4.69. The molecule has 0 amide bonds. The van der Waals surface area contributed by atoms with Crippen LogP contribution in [-0.2, 0) is 6.54 Å². The highest BCUT2D eigenvalue weighted by atomic mass is 15.1. The van der Waals surface area contributed by atoms with Gasteiger partial charge in [-0.05, 0) is 57.2 Å². The highest BCUT2D eigenvalue weighted by Gasteiger charge is 2.07. The zero-order valence-electron chi connectivity index (χ0n) is 16.8. The lowest BCUT2D eigenvalue weighted by atomic mass is 10.1. The number of rotatable bonds is 9. The lowest BCUT2D eigenvalue weighted by Crippen LogP contribution is -2.17. The number of pyridine rings is 1. The van der Waals surface area contributed by atoms with Gasteiger partial charge in [0.1, 0.15) is 5.82 Å². The van der Waals surface area contributed by atoms with Gasteiger partial charge in [-0.3, -0.25) is 4.98 Å². The number of aromatic nitrogens is 3. The van der Waals surface area contributed by atoms with E-state index in [2.05, 4.69) is 75.8 Å². The Kier molecular flexibility index (Phi) is 6.92. The molecule has 0 aliphatic carbocycles. The quantitative estimate of drug-likeness (QED) is 0.554. The van der Waals surface area contributed by atoms with Crippen molar-refractivity contribution in [2.75, 3.05) is 37.8 Å². The van der Waals surface area contributed by atoms with E-state index in [1.807, 2.05) is 18.2 Å². The molecule has 28 heavy (non-hydrogen) atoms. The minimum atomic E-state index is 0.639. The summed E-state index contributed by atoms with van der Waals surface area (Å²) in [5, 5.41) is 6.80. The van der Waals surface area contributed by atoms with Crippen molar-refractivity contribution in [2.24, 2.45) is 0 Å². The first kappa shape index (κ1) is 19.8. The van der Waals surface area contributed by atoms with Crippen LogP contribution in [0.5, 0.6) is 0 Å². The zero-order chi connectivity index (χ0) is 19.8. The first-order valence-electron chi connectivity index (χ1n) is 9.58. The number of nitrogens with zero attached hydrogens (tertiary/aromatic N) is 4. The Labute approximate surface area is 167 Å². The molecule has 0 aliphatic heterocycles. The monoisotopic (exact) mass is 376 g/mol. The van der Waals surface area contributed by atoms with E-state index >= 15 is 0 Å². The first-order chi connectivity index (χ1) is 13.6. The minimum Gasteiger partial charge on any atom is -0.366 e. The molecule has 0 atom stereocenters. The molecule has 3 rings (SSSR count). The lowest BCUT2D eigenvalue weighted by molar-refractivity contribution is 0.405. The summed E-state index contributed by atoms with van der Waals surface area (Å²) in [5.41, 5.74) is 4.42. The molecule has 3 aromatic rings. The van der Waals surface area contributed by atoms with Crippen molar-refractivity contribution in [1.82, 2.24) is 19.9 Å². The van der Waals surface area contributed by atoms with E-state index in [1.54, 1.807) is 12.4 Å². The third kappa shape index (κ3) is 5.76. The fourth-order valence-corrected chi connectivity index (χ4v) is 2.88. The molecular weight excluding hydrogens is 348 g/mol. The molecule has 0 saturated carbocycles. The van der Waals surface area contributed by atoms with Crippen LogP contribution in [0.15, 0.2) is 54.9 Å². The van der Waals surface area contributed by atoms with Crippen molar-refractivity contribution in [2.45, 2.75) is 19.9 Å². The van der Waals surface area contributed by atoms with Crippen LogP contribution in [0.4, 0.5) is 11.8 Å². The predicted molar refractivity (Wildman–Crippen MR) is 115 cm³/mol. The second kappa shape index (κ2) is 9.80. The summed E-state index contributed by atoms with van der Waals surface area (Å²) in [4.78, 5) is 15.6. The van der Waals surface area contributed by atoms with Gasteiger partial charge >= 0.3 is 0 Å². The number of nitrogens with one attached hydrogen (secondary N) is 2. The standard InChI is InChI=1S/C22H28N6/c1-17-7-4-5-8-19(17)16-25-21-15-20(18-9-12-23-13-10-18)26-22(27-21)24-11-6-14-28(2)3/h4-5,7-10,12-13,15H,6,11,14,16H2,1-3H3,(H2,24,25,26,27). The Morgan fingerprint density at radius 1 is 0.964 bits per heavy atom. The van der Waals surface area contributed by atoms with Crippen LogP contribution < -0.4 is 10.6 Å². The molecule has 0 aliphatic rings. The van der Waals surface area contributed by atoms with Crippen molar-refractivity contribution in [3.05, 3.63) is 66.0 Å². The number of aryl methyl sites for hydroxylation is 1. The van der Waals surface area contributed by atoms with Crippen molar-refractivity contribution < 1.29 is 0 Å². The Balaban J connectivity index is 1.77. The van der Waals surface area contributed by atoms with E-state index in [1.165, 1.54) is 11.1 Å². The molecule has 0 fully saturated rings. The van der Waals surface area contributed by atoms with Gasteiger partial charge in [0.15, 0.2) is 0 Å². The summed E-state index contributed by atoms with van der Waals surface area (Å²) in [5.74, 6) is 1.44. The van der Waals surface area contributed by atoms with Gasteiger partial charge in [-0.15, -0.1) is 0 Å². The third-order valence-electron chi connectivity index (χ3n) is 4.49. The summed E-state index contributed by atoms with van der Waals surface area (Å²) < 4.78 is 0. The van der Waals surface area contributed by atoms with Crippen molar-refractivity contribution in [3.8, 4) is 11.3 Å². The number of hydrogen-bond acceptors (Lipinski definition) is 6. The fourth-order valence-electron chi connectivity index (χ4n) is 2.88. The van der Waals surface area contributed by atoms with E-state index in [0.29, 0.717) is 5.95 Å². The van der Waals surface area contributed by atoms with Crippen molar-refractivity contribution >= 4 is 11.8 Å². The highest BCUT2D eigenvalue weighted by molar-refractivity contribution is 5.64. The second-order valence-corrected chi connectivity index (χ2v) is 7.06. The summed E-state index contributed by atoms with van der Waals surface area (Å²) >= 11 is 0. The van der Waals surface area contributed by atoms with Gasteiger partial charge in [0, 0.05) is 37.1 Å². The topological polar surface area (TPSA) is 66.0 Å². The van der Waals surface area contributed by atoms with E-state index in [4.69, 9.17) is 0 Å². The molecule has 0 radical (unpaired) electrons. The van der Waals surface area contributed by atoms with Gasteiger partial charge in [0.05, 0.1) is 5.69 Å². The van der Waals surface area contributed by atoms with Crippen LogP contribution in [0.2, 0.25) is 0 Å². The van der Waals surface area contributed by atoms with Crippen LogP contribution in [0.25, 0.3) is 11.3 Å². The average Bonchev–Trinajstić information content (AvgIpc) is 2.71. The summed E-state index contributed by atoms with van der Waals surface area (Å²) in [6.45, 7) is 4.70. The molecule has 6 heteroatoms. The van der Waals surface area contributed by atoms with Gasteiger partial charge < -0.3 is 15.5 Å². The normalized spacial score (nSPS) is 10.9. The molecule has 1 aromatic carbocycles. The number of benzene rings is 1. The van der Waals surface area contributed by atoms with Crippen molar-refractivity contribution in [1.29, 1.82) is 0 Å². The molecule has 0 saturated heterocycles. The van der Waals surface area contributed by atoms with E-state index < -0.39 is 0 Å². The molecule has 0 bridgehead atoms. The third-order valence-corrected chi connectivity index (χ3v) is 4.49. The average molecular weight is 377 g/mol. The maximum atomic E-state index is 4.69. The predicted octanol–water partition coefficient (Wildman–Crippen LogP) is 3.82. The van der Waals surface area contributed by atoms with Crippen LogP contribution in [0, 0.1) is 6.92 Å². The largest absolute Gasteiger partial charge is 0.366 e. The summed E-state index contributed by atoms with van der Waals surface area (Å²) in [6, 6.07) is 14.3. The van der Waals surface area contributed by atoms with Gasteiger partial charge in [-0.25, -0.2) is 4.98 Å². The number of hydrogen-bond donors (Lipinski definition) is 2. The SMILES string of the molecule is Cc1ccccc1CNc1cc(-c2ccncc2)nc(NCCCN(C)C)n1. The molecular formula is C22H28N6. The van der Waals surface area contributed by atoms with E-state index in [0.717, 1.165) is 43.1 Å². The molecule has 0 unspecified atom stereocenters. The van der Waals surface area contributed by atoms with E-state index in [-0.39, 0.29) is 0 Å². The molecule has 6 nitrogen and oxygen atoms in total. The van der Waals surface area contributed by atoms with Gasteiger partial charge in [-0.2, -0.15) is 4.98 Å². The van der Waals surface area contributed by atoms with Gasteiger partial charge in [0.25, 0.3) is 0 Å². The Bertz CT molecular complexity index is 879. The van der Waals surface area contributed by atoms with Crippen LogP contribution in [0.3, 0.4) is 0 Å². The summed E-state index contributed by atoms with van der Waals surface area (Å²) in [6.07, 6.45) is 4.59.